The zero-order valence-electron chi connectivity index (χ0n) is 14.0. The number of nitrogens with one attached hydrogen (secondary N) is 1. The Balaban J connectivity index is 1.94. The van der Waals surface area contributed by atoms with Crippen molar-refractivity contribution < 1.29 is 31.3 Å². The van der Waals surface area contributed by atoms with Crippen LogP contribution >= 0.6 is 0 Å². The van der Waals surface area contributed by atoms with Crippen molar-refractivity contribution in [3.05, 3.63) is 41.7 Å². The van der Waals surface area contributed by atoms with Crippen LogP contribution in [0.1, 0.15) is 12.0 Å². The molecule has 138 valence electrons. The Morgan fingerprint density at radius 2 is 1.73 bits per heavy atom. The summed E-state index contributed by atoms with van der Waals surface area (Å²) in [6, 6.07) is 6.35. The number of ether oxygens (including phenoxy) is 2. The minimum absolute atomic E-state index is 0.0223. The first-order valence-electron chi connectivity index (χ1n) is 7.63. The number of benzene rings is 2. The first-order chi connectivity index (χ1) is 12.3. The predicted molar refractivity (Wildman–Crippen MR) is 90.7 cm³/mol. The molecule has 0 saturated carbocycles. The number of carbonyl (C=O) groups excluding carboxylic acids is 1. The lowest BCUT2D eigenvalue weighted by Gasteiger charge is -2.17. The van der Waals surface area contributed by atoms with Crippen molar-refractivity contribution in [3.8, 4) is 17.2 Å². The molecule has 1 aliphatic heterocycles. The highest BCUT2D eigenvalue weighted by Gasteiger charge is 2.25. The van der Waals surface area contributed by atoms with E-state index in [1.165, 1.54) is 26.4 Å². The second kappa shape index (κ2) is 6.83. The van der Waals surface area contributed by atoms with Gasteiger partial charge in [0.15, 0.2) is 11.5 Å². The van der Waals surface area contributed by atoms with Crippen LogP contribution in [0.4, 0.5) is 10.1 Å². The van der Waals surface area contributed by atoms with Gasteiger partial charge >= 0.3 is 10.1 Å². The number of fused-ring (bicyclic) bond motifs is 1. The average molecular weight is 381 g/mol. The van der Waals surface area contributed by atoms with Gasteiger partial charge in [-0.2, -0.15) is 8.42 Å². The van der Waals surface area contributed by atoms with Gasteiger partial charge in [-0.15, -0.1) is 0 Å². The first-order valence-corrected chi connectivity index (χ1v) is 9.03. The van der Waals surface area contributed by atoms with Crippen molar-refractivity contribution in [2.24, 2.45) is 0 Å². The van der Waals surface area contributed by atoms with Gasteiger partial charge in [0.2, 0.25) is 5.91 Å². The van der Waals surface area contributed by atoms with Crippen LogP contribution in [0.2, 0.25) is 0 Å². The topological polar surface area (TPSA) is 90.9 Å². The minimum Gasteiger partial charge on any atom is -0.493 e. The quantitative estimate of drug-likeness (QED) is 0.801. The summed E-state index contributed by atoms with van der Waals surface area (Å²) >= 11 is 0. The zero-order valence-corrected chi connectivity index (χ0v) is 14.9. The van der Waals surface area contributed by atoms with Gasteiger partial charge in [-0.1, -0.05) is 0 Å². The molecule has 0 aromatic heterocycles. The van der Waals surface area contributed by atoms with Crippen molar-refractivity contribution in [3.63, 3.8) is 0 Å². The Kier molecular flexibility index (Phi) is 4.73. The molecule has 9 heteroatoms. The third kappa shape index (κ3) is 3.43. The summed E-state index contributed by atoms with van der Waals surface area (Å²) in [6.45, 7) is 0. The molecule has 0 unspecified atom stereocenters. The fraction of sp³-hybridized carbons (Fsp3) is 0.235. The van der Waals surface area contributed by atoms with E-state index in [4.69, 9.17) is 13.7 Å². The Labute approximate surface area is 149 Å². The molecular weight excluding hydrogens is 365 g/mol. The molecule has 0 saturated heterocycles. The first kappa shape index (κ1) is 18.0. The molecule has 3 rings (SSSR count). The van der Waals surface area contributed by atoms with E-state index >= 15 is 0 Å². The molecule has 0 radical (unpaired) electrons. The van der Waals surface area contributed by atoms with Crippen LogP contribution in [0.15, 0.2) is 35.2 Å². The third-order valence-electron chi connectivity index (χ3n) is 3.89. The lowest BCUT2D eigenvalue weighted by molar-refractivity contribution is -0.116. The number of hydrogen-bond donors (Lipinski definition) is 1. The van der Waals surface area contributed by atoms with Gasteiger partial charge in [0.05, 0.1) is 14.2 Å². The summed E-state index contributed by atoms with van der Waals surface area (Å²) in [5.74, 6) is -0.981. The molecular formula is C17H16FNO6S. The SMILES string of the molecule is COc1cc(F)c(S(=O)(=O)Oc2ccc3c(c2)CCC(=O)N3)cc1OC. The van der Waals surface area contributed by atoms with E-state index in [0.717, 1.165) is 17.7 Å². The number of anilines is 1. The maximum Gasteiger partial charge on any atom is 0.342 e. The predicted octanol–water partition coefficient (Wildman–Crippen LogP) is 2.50. The van der Waals surface area contributed by atoms with Gasteiger partial charge in [0, 0.05) is 24.2 Å². The summed E-state index contributed by atoms with van der Waals surface area (Å²) in [4.78, 5) is 10.7. The number of aryl methyl sites for hydroxylation is 1. The van der Waals surface area contributed by atoms with Crippen LogP contribution in [0.5, 0.6) is 17.2 Å². The van der Waals surface area contributed by atoms with Crippen LogP contribution in [-0.2, 0) is 21.3 Å². The maximum atomic E-state index is 14.2. The molecule has 1 heterocycles. The molecule has 0 spiro atoms. The van der Waals surface area contributed by atoms with Crippen molar-refractivity contribution in [1.29, 1.82) is 0 Å². The minimum atomic E-state index is -4.44. The summed E-state index contributed by atoms with van der Waals surface area (Å²) in [6.07, 6.45) is 0.761. The van der Waals surface area contributed by atoms with Gasteiger partial charge < -0.3 is 19.0 Å². The molecule has 7 nitrogen and oxygen atoms in total. The van der Waals surface area contributed by atoms with E-state index in [0.29, 0.717) is 18.5 Å². The largest absolute Gasteiger partial charge is 0.493 e. The molecule has 0 atom stereocenters. The molecule has 0 fully saturated rings. The van der Waals surface area contributed by atoms with Crippen molar-refractivity contribution in [2.45, 2.75) is 17.7 Å². The van der Waals surface area contributed by atoms with E-state index in [2.05, 4.69) is 5.32 Å². The fourth-order valence-electron chi connectivity index (χ4n) is 2.61. The molecule has 2 aromatic rings. The average Bonchev–Trinajstić information content (AvgIpc) is 2.61. The Hall–Kier alpha value is -2.81. The number of carbonyl (C=O) groups is 1. The Morgan fingerprint density at radius 1 is 1.04 bits per heavy atom. The monoisotopic (exact) mass is 381 g/mol. The number of rotatable bonds is 5. The smallest absolute Gasteiger partial charge is 0.342 e. The fourth-order valence-corrected chi connectivity index (χ4v) is 3.61. The van der Waals surface area contributed by atoms with Crippen molar-refractivity contribution in [1.82, 2.24) is 0 Å². The van der Waals surface area contributed by atoms with Crippen LogP contribution in [-0.4, -0.2) is 28.5 Å². The molecule has 2 aromatic carbocycles. The highest BCUT2D eigenvalue weighted by molar-refractivity contribution is 7.87. The lowest BCUT2D eigenvalue weighted by atomic mass is 10.0. The van der Waals surface area contributed by atoms with Gasteiger partial charge in [-0.3, -0.25) is 4.79 Å². The normalized spacial score (nSPS) is 13.6. The van der Waals surface area contributed by atoms with Gasteiger partial charge in [-0.05, 0) is 30.2 Å². The number of halogens is 1. The highest BCUT2D eigenvalue weighted by Crippen LogP contribution is 2.34. The molecule has 0 bridgehead atoms. The Morgan fingerprint density at radius 3 is 2.42 bits per heavy atom. The standard InChI is InChI=1S/C17H16FNO6S/c1-23-14-8-12(18)16(9-15(14)24-2)26(21,22)25-11-4-5-13-10(7-11)3-6-17(20)19-13/h4-5,7-9H,3,6H2,1-2H3,(H,19,20). The summed E-state index contributed by atoms with van der Waals surface area (Å²) in [5, 5.41) is 2.68. The summed E-state index contributed by atoms with van der Waals surface area (Å²) in [5.41, 5.74) is 1.34. The number of amides is 1. The van der Waals surface area contributed by atoms with Gasteiger partial charge in [0.25, 0.3) is 0 Å². The van der Waals surface area contributed by atoms with Crippen LogP contribution < -0.4 is 19.0 Å². The summed E-state index contributed by atoms with van der Waals surface area (Å²) in [7, 11) is -1.81. The van der Waals surface area contributed by atoms with E-state index in [1.54, 1.807) is 6.07 Å². The zero-order chi connectivity index (χ0) is 18.9. The van der Waals surface area contributed by atoms with Gasteiger partial charge in [0.1, 0.15) is 16.5 Å². The molecule has 1 amide bonds. The van der Waals surface area contributed by atoms with Crippen molar-refractivity contribution in [2.75, 3.05) is 19.5 Å². The van der Waals surface area contributed by atoms with Crippen LogP contribution in [0.3, 0.4) is 0 Å². The summed E-state index contributed by atoms with van der Waals surface area (Å²) < 4.78 is 54.2. The molecule has 1 aliphatic rings. The van der Waals surface area contributed by atoms with Crippen molar-refractivity contribution >= 4 is 21.7 Å². The lowest BCUT2D eigenvalue weighted by Crippen LogP contribution is -2.19. The highest BCUT2D eigenvalue weighted by atomic mass is 32.2. The maximum absolute atomic E-state index is 14.2. The van der Waals surface area contributed by atoms with E-state index in [1.807, 2.05) is 0 Å². The molecule has 0 aliphatic carbocycles. The van der Waals surface area contributed by atoms with Crippen LogP contribution in [0.25, 0.3) is 0 Å². The van der Waals surface area contributed by atoms with Crippen LogP contribution in [0, 0.1) is 5.82 Å². The molecule has 26 heavy (non-hydrogen) atoms. The third-order valence-corrected chi connectivity index (χ3v) is 5.15. The number of methoxy groups -OCH3 is 2. The van der Waals surface area contributed by atoms with E-state index in [-0.39, 0.29) is 23.2 Å². The Bertz CT molecular complexity index is 973. The molecule has 1 N–H and O–H groups in total. The van der Waals surface area contributed by atoms with E-state index in [9.17, 15) is 17.6 Å². The van der Waals surface area contributed by atoms with E-state index < -0.39 is 20.8 Å². The van der Waals surface area contributed by atoms with Gasteiger partial charge in [-0.25, -0.2) is 4.39 Å². The second-order valence-electron chi connectivity index (χ2n) is 5.54. The second-order valence-corrected chi connectivity index (χ2v) is 7.06. The number of hydrogen-bond acceptors (Lipinski definition) is 6.